The van der Waals surface area contributed by atoms with Gasteiger partial charge in [-0.25, -0.2) is 0 Å². The van der Waals surface area contributed by atoms with E-state index in [1.54, 1.807) is 12.4 Å². The molecular weight excluding hydrogens is 178 g/mol. The van der Waals surface area contributed by atoms with Crippen LogP contribution in [0, 0.1) is 6.92 Å². The quantitative estimate of drug-likeness (QED) is 0.797. The Morgan fingerprint density at radius 2 is 2.21 bits per heavy atom. The van der Waals surface area contributed by atoms with Crippen LogP contribution in [-0.2, 0) is 4.74 Å². The molecule has 0 aliphatic rings. The summed E-state index contributed by atoms with van der Waals surface area (Å²) in [7, 11) is 0. The van der Waals surface area contributed by atoms with Gasteiger partial charge in [-0.1, -0.05) is 0 Å². The van der Waals surface area contributed by atoms with Crippen molar-refractivity contribution < 1.29 is 9.84 Å². The molecule has 1 atom stereocenters. The van der Waals surface area contributed by atoms with Gasteiger partial charge < -0.3 is 9.84 Å². The minimum absolute atomic E-state index is 0.145. The van der Waals surface area contributed by atoms with E-state index in [4.69, 9.17) is 4.74 Å². The zero-order valence-electron chi connectivity index (χ0n) is 8.90. The molecule has 0 saturated carbocycles. The van der Waals surface area contributed by atoms with Gasteiger partial charge in [0.1, 0.15) is 6.10 Å². The van der Waals surface area contributed by atoms with Crippen LogP contribution < -0.4 is 0 Å². The van der Waals surface area contributed by atoms with E-state index < -0.39 is 6.10 Å². The first-order chi connectivity index (χ1) is 6.61. The van der Waals surface area contributed by atoms with E-state index in [1.165, 1.54) is 0 Å². The summed E-state index contributed by atoms with van der Waals surface area (Å²) in [5.41, 5.74) is 1.88. The van der Waals surface area contributed by atoms with Crippen LogP contribution in [0.5, 0.6) is 0 Å². The van der Waals surface area contributed by atoms with Gasteiger partial charge >= 0.3 is 0 Å². The summed E-state index contributed by atoms with van der Waals surface area (Å²) in [4.78, 5) is 3.97. The van der Waals surface area contributed by atoms with Crippen molar-refractivity contribution in [1.82, 2.24) is 4.98 Å². The first-order valence-corrected chi connectivity index (χ1v) is 4.81. The Bertz CT molecular complexity index is 286. The summed E-state index contributed by atoms with van der Waals surface area (Å²) < 4.78 is 5.34. The van der Waals surface area contributed by atoms with Gasteiger partial charge in [0.15, 0.2) is 0 Å². The summed E-state index contributed by atoms with van der Waals surface area (Å²) in [5.74, 6) is 0. The number of aromatic nitrogens is 1. The third-order valence-electron chi connectivity index (χ3n) is 2.01. The van der Waals surface area contributed by atoms with Crippen molar-refractivity contribution in [3.8, 4) is 0 Å². The molecule has 1 aromatic rings. The van der Waals surface area contributed by atoms with Crippen LogP contribution in [-0.4, -0.2) is 22.8 Å². The molecule has 1 aromatic heterocycles. The third-order valence-corrected chi connectivity index (χ3v) is 2.01. The van der Waals surface area contributed by atoms with Crippen LogP contribution in [0.3, 0.4) is 0 Å². The molecule has 0 aliphatic carbocycles. The molecule has 0 spiro atoms. The summed E-state index contributed by atoms with van der Waals surface area (Å²) in [6, 6.07) is 1.82. The molecule has 0 saturated heterocycles. The number of hydrogen-bond acceptors (Lipinski definition) is 3. The first-order valence-electron chi connectivity index (χ1n) is 4.81. The Morgan fingerprint density at radius 1 is 1.50 bits per heavy atom. The highest BCUT2D eigenvalue weighted by molar-refractivity contribution is 5.23. The van der Waals surface area contributed by atoms with E-state index in [2.05, 4.69) is 4.98 Å². The maximum atomic E-state index is 9.80. The lowest BCUT2D eigenvalue weighted by Crippen LogP contribution is -2.12. The summed E-state index contributed by atoms with van der Waals surface area (Å²) in [6.07, 6.45) is 3.02. The molecule has 0 aliphatic heterocycles. The van der Waals surface area contributed by atoms with Crippen molar-refractivity contribution in [3.05, 3.63) is 29.6 Å². The number of rotatable bonds is 4. The fraction of sp³-hybridized carbons (Fsp3) is 0.545. The van der Waals surface area contributed by atoms with Gasteiger partial charge in [0, 0.05) is 12.4 Å². The largest absolute Gasteiger partial charge is 0.386 e. The molecule has 3 heteroatoms. The number of hydrogen-bond donors (Lipinski definition) is 1. The lowest BCUT2D eigenvalue weighted by atomic mass is 10.1. The second kappa shape index (κ2) is 5.08. The minimum Gasteiger partial charge on any atom is -0.386 e. The van der Waals surface area contributed by atoms with E-state index in [0.29, 0.717) is 6.61 Å². The van der Waals surface area contributed by atoms with E-state index in [0.717, 1.165) is 11.1 Å². The van der Waals surface area contributed by atoms with Gasteiger partial charge in [-0.3, -0.25) is 4.98 Å². The van der Waals surface area contributed by atoms with Crippen molar-refractivity contribution in [1.29, 1.82) is 0 Å². The van der Waals surface area contributed by atoms with E-state index in [9.17, 15) is 5.11 Å². The van der Waals surface area contributed by atoms with Crippen molar-refractivity contribution in [2.45, 2.75) is 33.0 Å². The molecule has 1 unspecified atom stereocenters. The second-order valence-corrected chi connectivity index (χ2v) is 3.63. The molecule has 0 bridgehead atoms. The normalized spacial score (nSPS) is 13.2. The monoisotopic (exact) mass is 195 g/mol. The number of aliphatic hydroxyl groups excluding tert-OH is 1. The van der Waals surface area contributed by atoms with Gasteiger partial charge in [0.25, 0.3) is 0 Å². The van der Waals surface area contributed by atoms with Gasteiger partial charge in [0.05, 0.1) is 12.7 Å². The number of aliphatic hydroxyl groups is 1. The smallest absolute Gasteiger partial charge is 0.103 e. The number of ether oxygens (including phenoxy) is 1. The molecule has 1 N–H and O–H groups in total. The van der Waals surface area contributed by atoms with Crippen LogP contribution in [0.2, 0.25) is 0 Å². The fourth-order valence-electron chi connectivity index (χ4n) is 1.23. The molecule has 3 nitrogen and oxygen atoms in total. The SMILES string of the molecule is Cc1cnccc1C(O)COC(C)C. The van der Waals surface area contributed by atoms with E-state index >= 15 is 0 Å². The highest BCUT2D eigenvalue weighted by Gasteiger charge is 2.10. The maximum absolute atomic E-state index is 9.80. The Kier molecular flexibility index (Phi) is 4.04. The number of aryl methyl sites for hydroxylation is 1. The van der Waals surface area contributed by atoms with E-state index in [-0.39, 0.29) is 6.10 Å². The summed E-state index contributed by atoms with van der Waals surface area (Å²) in [6.45, 7) is 6.17. The van der Waals surface area contributed by atoms with E-state index in [1.807, 2.05) is 26.8 Å². The van der Waals surface area contributed by atoms with Crippen LogP contribution in [0.4, 0.5) is 0 Å². The number of nitrogens with zero attached hydrogens (tertiary/aromatic N) is 1. The Balaban J connectivity index is 2.60. The Morgan fingerprint density at radius 3 is 2.79 bits per heavy atom. The summed E-state index contributed by atoms with van der Waals surface area (Å²) in [5, 5.41) is 9.80. The Labute approximate surface area is 84.7 Å². The predicted octanol–water partition coefficient (Wildman–Crippen LogP) is 1.85. The van der Waals surface area contributed by atoms with Crippen LogP contribution in [0.1, 0.15) is 31.1 Å². The molecule has 0 fully saturated rings. The maximum Gasteiger partial charge on any atom is 0.103 e. The molecule has 78 valence electrons. The standard InChI is InChI=1S/C11H17NO2/c1-8(2)14-7-11(13)10-4-5-12-6-9(10)3/h4-6,8,11,13H,7H2,1-3H3. The molecular formula is C11H17NO2. The van der Waals surface area contributed by atoms with Crippen molar-refractivity contribution in [3.63, 3.8) is 0 Å². The predicted molar refractivity (Wildman–Crippen MR) is 55.0 cm³/mol. The van der Waals surface area contributed by atoms with Crippen LogP contribution in [0.15, 0.2) is 18.5 Å². The lowest BCUT2D eigenvalue weighted by Gasteiger charge is -2.15. The lowest BCUT2D eigenvalue weighted by molar-refractivity contribution is 0.00466. The van der Waals surface area contributed by atoms with Crippen LogP contribution in [0.25, 0.3) is 0 Å². The third kappa shape index (κ3) is 3.09. The average molecular weight is 195 g/mol. The molecule has 14 heavy (non-hydrogen) atoms. The second-order valence-electron chi connectivity index (χ2n) is 3.63. The summed E-state index contributed by atoms with van der Waals surface area (Å²) >= 11 is 0. The number of pyridine rings is 1. The van der Waals surface area contributed by atoms with Gasteiger partial charge in [0.2, 0.25) is 0 Å². The first kappa shape index (κ1) is 11.1. The average Bonchev–Trinajstić information content (AvgIpc) is 2.15. The van der Waals surface area contributed by atoms with Crippen molar-refractivity contribution >= 4 is 0 Å². The zero-order valence-corrected chi connectivity index (χ0v) is 8.90. The molecule has 0 radical (unpaired) electrons. The highest BCUT2D eigenvalue weighted by atomic mass is 16.5. The van der Waals surface area contributed by atoms with Gasteiger partial charge in [-0.05, 0) is 38.0 Å². The van der Waals surface area contributed by atoms with Crippen molar-refractivity contribution in [2.24, 2.45) is 0 Å². The van der Waals surface area contributed by atoms with Crippen molar-refractivity contribution in [2.75, 3.05) is 6.61 Å². The van der Waals surface area contributed by atoms with Gasteiger partial charge in [-0.15, -0.1) is 0 Å². The molecule has 1 heterocycles. The highest BCUT2D eigenvalue weighted by Crippen LogP contribution is 2.16. The molecule has 0 aromatic carbocycles. The fourth-order valence-corrected chi connectivity index (χ4v) is 1.23. The Hall–Kier alpha value is -0.930. The molecule has 1 rings (SSSR count). The minimum atomic E-state index is -0.555. The topological polar surface area (TPSA) is 42.4 Å². The molecule has 0 amide bonds. The van der Waals surface area contributed by atoms with Crippen LogP contribution >= 0.6 is 0 Å². The zero-order chi connectivity index (χ0) is 10.6. The van der Waals surface area contributed by atoms with Gasteiger partial charge in [-0.2, -0.15) is 0 Å².